The van der Waals surface area contributed by atoms with Gasteiger partial charge in [0.15, 0.2) is 0 Å². The zero-order valence-corrected chi connectivity index (χ0v) is 11.0. The molecule has 0 bridgehead atoms. The zero-order valence-electron chi connectivity index (χ0n) is 11.0. The molecule has 0 aliphatic heterocycles. The van der Waals surface area contributed by atoms with Crippen molar-refractivity contribution >= 4 is 11.9 Å². The lowest BCUT2D eigenvalue weighted by atomic mass is 9.63. The molecule has 0 radical (unpaired) electrons. The standard InChI is InChI=1S/C14H15F2NO3/c1-8(12(18)19)17-13(20)14(5-2-6-14)10-4-3-9(15)7-11(10)16/h3-4,7-8H,2,5-6H2,1H3,(H,17,20)(H,18,19). The third-order valence-electron chi connectivity index (χ3n) is 3.81. The first-order valence-corrected chi connectivity index (χ1v) is 6.36. The Balaban J connectivity index is 2.29. The number of hydrogen-bond donors (Lipinski definition) is 2. The van der Waals surface area contributed by atoms with Crippen molar-refractivity contribution in [2.45, 2.75) is 37.6 Å². The van der Waals surface area contributed by atoms with Crippen LogP contribution < -0.4 is 5.32 Å². The van der Waals surface area contributed by atoms with Gasteiger partial charge in [-0.25, -0.2) is 8.78 Å². The van der Waals surface area contributed by atoms with Gasteiger partial charge in [0.05, 0.1) is 5.41 Å². The molecular formula is C14H15F2NO3. The molecule has 20 heavy (non-hydrogen) atoms. The predicted molar refractivity (Wildman–Crippen MR) is 67.1 cm³/mol. The highest BCUT2D eigenvalue weighted by atomic mass is 19.1. The van der Waals surface area contributed by atoms with Crippen molar-refractivity contribution in [1.82, 2.24) is 5.32 Å². The van der Waals surface area contributed by atoms with E-state index < -0.39 is 35.0 Å². The molecule has 1 aromatic rings. The molecule has 1 saturated carbocycles. The Bertz CT molecular complexity index is 555. The fraction of sp³-hybridized carbons (Fsp3) is 0.429. The molecule has 4 nitrogen and oxygen atoms in total. The van der Waals surface area contributed by atoms with Crippen molar-refractivity contribution in [3.05, 3.63) is 35.4 Å². The van der Waals surface area contributed by atoms with Gasteiger partial charge in [0.1, 0.15) is 17.7 Å². The Hall–Kier alpha value is -1.98. The van der Waals surface area contributed by atoms with Crippen molar-refractivity contribution in [3.8, 4) is 0 Å². The highest BCUT2D eigenvalue weighted by Gasteiger charge is 2.47. The molecule has 0 heterocycles. The normalized spacial score (nSPS) is 17.9. The summed E-state index contributed by atoms with van der Waals surface area (Å²) in [7, 11) is 0. The highest BCUT2D eigenvalue weighted by molar-refractivity contribution is 5.92. The lowest BCUT2D eigenvalue weighted by Crippen LogP contribution is -2.53. The second kappa shape index (κ2) is 5.19. The molecule has 1 amide bonds. The number of amides is 1. The topological polar surface area (TPSA) is 66.4 Å². The molecule has 1 aromatic carbocycles. The lowest BCUT2D eigenvalue weighted by Gasteiger charge is -2.41. The molecule has 1 aliphatic carbocycles. The second-order valence-electron chi connectivity index (χ2n) is 5.09. The summed E-state index contributed by atoms with van der Waals surface area (Å²) in [5.41, 5.74) is -0.957. The van der Waals surface area contributed by atoms with Gasteiger partial charge in [0, 0.05) is 11.6 Å². The van der Waals surface area contributed by atoms with Gasteiger partial charge in [-0.1, -0.05) is 12.5 Å². The smallest absolute Gasteiger partial charge is 0.325 e. The van der Waals surface area contributed by atoms with E-state index in [1.807, 2.05) is 0 Å². The van der Waals surface area contributed by atoms with Crippen LogP contribution in [0.1, 0.15) is 31.7 Å². The number of halogens is 2. The third kappa shape index (κ3) is 2.37. The summed E-state index contributed by atoms with van der Waals surface area (Å²) >= 11 is 0. The van der Waals surface area contributed by atoms with Crippen LogP contribution in [0.15, 0.2) is 18.2 Å². The van der Waals surface area contributed by atoms with E-state index in [1.54, 1.807) is 0 Å². The van der Waals surface area contributed by atoms with Crippen molar-refractivity contribution in [2.24, 2.45) is 0 Å². The number of rotatable bonds is 4. The molecule has 1 unspecified atom stereocenters. The van der Waals surface area contributed by atoms with Crippen molar-refractivity contribution in [1.29, 1.82) is 0 Å². The van der Waals surface area contributed by atoms with E-state index in [1.165, 1.54) is 13.0 Å². The maximum Gasteiger partial charge on any atom is 0.325 e. The maximum absolute atomic E-state index is 13.9. The molecule has 1 aliphatic rings. The number of aliphatic carboxylic acids is 1. The lowest BCUT2D eigenvalue weighted by molar-refractivity contribution is -0.143. The first-order chi connectivity index (χ1) is 9.36. The number of carbonyl (C=O) groups excluding carboxylic acids is 1. The molecule has 0 spiro atoms. The van der Waals surface area contributed by atoms with Crippen LogP contribution >= 0.6 is 0 Å². The fourth-order valence-electron chi connectivity index (χ4n) is 2.42. The number of nitrogens with one attached hydrogen (secondary N) is 1. The van der Waals surface area contributed by atoms with Gasteiger partial charge in [-0.2, -0.15) is 0 Å². The fourth-order valence-corrected chi connectivity index (χ4v) is 2.42. The zero-order chi connectivity index (χ0) is 14.9. The third-order valence-corrected chi connectivity index (χ3v) is 3.81. The van der Waals surface area contributed by atoms with Gasteiger partial charge in [-0.05, 0) is 25.8 Å². The van der Waals surface area contributed by atoms with Crippen molar-refractivity contribution in [3.63, 3.8) is 0 Å². The number of benzene rings is 1. The maximum atomic E-state index is 13.9. The van der Waals surface area contributed by atoms with Crippen molar-refractivity contribution < 1.29 is 23.5 Å². The Morgan fingerprint density at radius 2 is 2.00 bits per heavy atom. The van der Waals surface area contributed by atoms with Crippen LogP contribution in [0.25, 0.3) is 0 Å². The predicted octanol–water partition coefficient (Wildman–Crippen LogP) is 1.98. The van der Waals surface area contributed by atoms with E-state index in [2.05, 4.69) is 5.32 Å². The minimum Gasteiger partial charge on any atom is -0.480 e. The van der Waals surface area contributed by atoms with Crippen LogP contribution in [0.2, 0.25) is 0 Å². The van der Waals surface area contributed by atoms with Crippen LogP contribution in [0.3, 0.4) is 0 Å². The van der Waals surface area contributed by atoms with Gasteiger partial charge >= 0.3 is 5.97 Å². The molecule has 0 aromatic heterocycles. The van der Waals surface area contributed by atoms with Gasteiger partial charge in [0.25, 0.3) is 0 Å². The van der Waals surface area contributed by atoms with E-state index >= 15 is 0 Å². The summed E-state index contributed by atoms with van der Waals surface area (Å²) in [4.78, 5) is 23.0. The largest absolute Gasteiger partial charge is 0.480 e. The minimum absolute atomic E-state index is 0.125. The first-order valence-electron chi connectivity index (χ1n) is 6.36. The quantitative estimate of drug-likeness (QED) is 0.888. The summed E-state index contributed by atoms with van der Waals surface area (Å²) in [5.74, 6) is -3.17. The second-order valence-corrected chi connectivity index (χ2v) is 5.09. The Morgan fingerprint density at radius 3 is 2.45 bits per heavy atom. The Labute approximate surface area is 114 Å². The van der Waals surface area contributed by atoms with Gasteiger partial charge in [-0.3, -0.25) is 9.59 Å². The summed E-state index contributed by atoms with van der Waals surface area (Å²) in [6, 6.07) is 2.05. The van der Waals surface area contributed by atoms with Gasteiger partial charge in [0.2, 0.25) is 5.91 Å². The van der Waals surface area contributed by atoms with Gasteiger partial charge in [-0.15, -0.1) is 0 Å². The molecule has 108 valence electrons. The highest BCUT2D eigenvalue weighted by Crippen LogP contribution is 2.45. The molecular weight excluding hydrogens is 268 g/mol. The number of carbonyl (C=O) groups is 2. The summed E-state index contributed by atoms with van der Waals surface area (Å²) in [6.45, 7) is 1.34. The minimum atomic E-state index is -1.16. The van der Waals surface area contributed by atoms with Crippen LogP contribution in [0.5, 0.6) is 0 Å². The molecule has 1 fully saturated rings. The van der Waals surface area contributed by atoms with E-state index in [0.717, 1.165) is 18.6 Å². The van der Waals surface area contributed by atoms with Crippen LogP contribution in [0.4, 0.5) is 8.78 Å². The van der Waals surface area contributed by atoms with Crippen LogP contribution in [-0.2, 0) is 15.0 Å². The van der Waals surface area contributed by atoms with E-state index in [9.17, 15) is 18.4 Å². The van der Waals surface area contributed by atoms with Gasteiger partial charge < -0.3 is 10.4 Å². The number of carboxylic acid groups (broad SMARTS) is 1. The molecule has 2 rings (SSSR count). The Kier molecular flexibility index (Phi) is 3.74. The van der Waals surface area contributed by atoms with E-state index in [4.69, 9.17) is 5.11 Å². The first kappa shape index (κ1) is 14.4. The summed E-state index contributed by atoms with van der Waals surface area (Å²) < 4.78 is 26.8. The monoisotopic (exact) mass is 283 g/mol. The molecule has 6 heteroatoms. The molecule has 1 atom stereocenters. The van der Waals surface area contributed by atoms with E-state index in [-0.39, 0.29) is 5.56 Å². The van der Waals surface area contributed by atoms with Crippen molar-refractivity contribution in [2.75, 3.05) is 0 Å². The summed E-state index contributed by atoms with van der Waals surface area (Å²) in [5, 5.41) is 11.2. The average molecular weight is 283 g/mol. The summed E-state index contributed by atoms with van der Waals surface area (Å²) in [6.07, 6.45) is 1.59. The number of hydrogen-bond acceptors (Lipinski definition) is 2. The van der Waals surface area contributed by atoms with E-state index in [0.29, 0.717) is 12.8 Å². The van der Waals surface area contributed by atoms with Crippen LogP contribution in [0, 0.1) is 11.6 Å². The number of carboxylic acids is 1. The SMILES string of the molecule is CC(NC(=O)C1(c2ccc(F)cc2F)CCC1)C(=O)O. The Morgan fingerprint density at radius 1 is 1.35 bits per heavy atom. The molecule has 0 saturated heterocycles. The molecule has 2 N–H and O–H groups in total. The average Bonchev–Trinajstić information content (AvgIpc) is 2.30. The van der Waals surface area contributed by atoms with Crippen LogP contribution in [-0.4, -0.2) is 23.0 Å².